The highest BCUT2D eigenvalue weighted by Gasteiger charge is 2.12. The van der Waals surface area contributed by atoms with Gasteiger partial charge in [0.15, 0.2) is 5.11 Å². The minimum atomic E-state index is -0.331. The Labute approximate surface area is 153 Å². The van der Waals surface area contributed by atoms with E-state index < -0.39 is 0 Å². The normalized spacial score (nSPS) is 9.83. The lowest BCUT2D eigenvalue weighted by atomic mass is 10.1. The molecule has 0 fully saturated rings. The Bertz CT molecular complexity index is 764. The Balaban J connectivity index is 1.91. The fourth-order valence-electron chi connectivity index (χ4n) is 1.86. The van der Waals surface area contributed by atoms with Gasteiger partial charge in [0.05, 0.1) is 5.56 Å². The van der Waals surface area contributed by atoms with Crippen molar-refractivity contribution in [2.75, 3.05) is 0 Å². The zero-order valence-corrected chi connectivity index (χ0v) is 15.2. The van der Waals surface area contributed by atoms with Crippen molar-refractivity contribution in [1.82, 2.24) is 16.2 Å². The predicted molar refractivity (Wildman–Crippen MR) is 101 cm³/mol. The number of halogens is 1. The van der Waals surface area contributed by atoms with Crippen LogP contribution in [0, 0.1) is 10.5 Å². The Hall–Kier alpha value is -2.00. The van der Waals surface area contributed by atoms with E-state index >= 15 is 0 Å². The number of amides is 2. The number of hydrogen-bond acceptors (Lipinski definition) is 3. The molecule has 2 aromatic carbocycles. The van der Waals surface area contributed by atoms with Gasteiger partial charge in [-0.05, 0) is 65.5 Å². The summed E-state index contributed by atoms with van der Waals surface area (Å²) in [5, 5.41) is 2.55. The Morgan fingerprint density at radius 1 is 0.913 bits per heavy atom. The van der Waals surface area contributed by atoms with Crippen molar-refractivity contribution >= 4 is 51.7 Å². The molecule has 0 saturated heterocycles. The molecule has 5 nitrogen and oxygen atoms in total. The third-order valence-electron chi connectivity index (χ3n) is 3.02. The van der Waals surface area contributed by atoms with Gasteiger partial charge in [0.25, 0.3) is 11.8 Å². The average Bonchev–Trinajstić information content (AvgIpc) is 2.53. The fraction of sp³-hybridized carbons (Fsp3) is 0.0625. The number of rotatable bonds is 2. The molecule has 0 aromatic heterocycles. The van der Waals surface area contributed by atoms with Crippen molar-refractivity contribution in [3.05, 3.63) is 68.8 Å². The first-order valence-electron chi connectivity index (χ1n) is 6.71. The highest BCUT2D eigenvalue weighted by molar-refractivity contribution is 14.1. The van der Waals surface area contributed by atoms with E-state index in [1.807, 2.05) is 31.2 Å². The topological polar surface area (TPSA) is 70.2 Å². The van der Waals surface area contributed by atoms with E-state index in [2.05, 4.69) is 38.8 Å². The molecule has 0 bridgehead atoms. The molecule has 0 unspecified atom stereocenters. The summed E-state index contributed by atoms with van der Waals surface area (Å²) in [6.07, 6.45) is 0. The Morgan fingerprint density at radius 2 is 1.52 bits per heavy atom. The quantitative estimate of drug-likeness (QED) is 0.382. The summed E-state index contributed by atoms with van der Waals surface area (Å²) in [7, 11) is 0. The van der Waals surface area contributed by atoms with Crippen LogP contribution in [0.4, 0.5) is 0 Å². The largest absolute Gasteiger partial charge is 0.298 e. The zero-order chi connectivity index (χ0) is 16.8. The molecule has 3 N–H and O–H groups in total. The predicted octanol–water partition coefficient (Wildman–Crippen LogP) is 2.55. The van der Waals surface area contributed by atoms with E-state index in [0.29, 0.717) is 11.1 Å². The average molecular weight is 439 g/mol. The molecule has 7 heteroatoms. The summed E-state index contributed by atoms with van der Waals surface area (Å²) in [4.78, 5) is 24.1. The van der Waals surface area contributed by atoms with E-state index in [9.17, 15) is 9.59 Å². The number of carbonyl (C=O) groups is 2. The number of nitrogens with one attached hydrogen (secondary N) is 3. The van der Waals surface area contributed by atoms with Crippen molar-refractivity contribution in [2.24, 2.45) is 0 Å². The van der Waals surface area contributed by atoms with Crippen LogP contribution in [0.5, 0.6) is 0 Å². The van der Waals surface area contributed by atoms with Crippen molar-refractivity contribution in [3.8, 4) is 0 Å². The first-order valence-corrected chi connectivity index (χ1v) is 8.19. The summed E-state index contributed by atoms with van der Waals surface area (Å²) in [5.74, 6) is -0.661. The van der Waals surface area contributed by atoms with E-state index in [4.69, 9.17) is 12.2 Å². The van der Waals surface area contributed by atoms with Crippen LogP contribution < -0.4 is 16.2 Å². The second-order valence-electron chi connectivity index (χ2n) is 4.66. The Morgan fingerprint density at radius 3 is 2.17 bits per heavy atom. The lowest BCUT2D eigenvalue weighted by Gasteiger charge is -2.12. The lowest BCUT2D eigenvalue weighted by molar-refractivity contribution is 0.0933. The maximum Gasteiger partial charge on any atom is 0.270 e. The highest BCUT2D eigenvalue weighted by Crippen LogP contribution is 2.10. The van der Waals surface area contributed by atoms with Gasteiger partial charge in [0, 0.05) is 9.13 Å². The lowest BCUT2D eigenvalue weighted by Crippen LogP contribution is -2.48. The van der Waals surface area contributed by atoms with Gasteiger partial charge in [-0.15, -0.1) is 0 Å². The molecule has 0 spiro atoms. The van der Waals surface area contributed by atoms with Crippen molar-refractivity contribution in [2.45, 2.75) is 6.92 Å². The van der Waals surface area contributed by atoms with E-state index in [0.717, 1.165) is 9.13 Å². The molecule has 2 amide bonds. The zero-order valence-electron chi connectivity index (χ0n) is 12.2. The van der Waals surface area contributed by atoms with Crippen LogP contribution in [0.2, 0.25) is 0 Å². The molecular formula is C16H14IN3O2S. The van der Waals surface area contributed by atoms with Crippen LogP contribution in [0.25, 0.3) is 0 Å². The maximum atomic E-state index is 12.1. The summed E-state index contributed by atoms with van der Waals surface area (Å²) in [6, 6.07) is 14.3. The van der Waals surface area contributed by atoms with Gasteiger partial charge in [-0.25, -0.2) is 0 Å². The summed E-state index contributed by atoms with van der Waals surface area (Å²) in [6.45, 7) is 1.84. The molecule has 0 aliphatic carbocycles. The van der Waals surface area contributed by atoms with Gasteiger partial charge >= 0.3 is 0 Å². The molecule has 0 saturated carbocycles. The van der Waals surface area contributed by atoms with Gasteiger partial charge in [-0.3, -0.25) is 25.8 Å². The smallest absolute Gasteiger partial charge is 0.270 e. The molecule has 23 heavy (non-hydrogen) atoms. The van der Waals surface area contributed by atoms with Crippen LogP contribution in [-0.4, -0.2) is 16.9 Å². The standard InChI is InChI=1S/C16H14IN3O2S/c1-10-6-2-3-7-11(10)14(21)18-16(23)20-19-15(22)12-8-4-5-9-13(12)17/h2-9H,1H3,(H,19,22)(H2,18,20,21,23). The van der Waals surface area contributed by atoms with Crippen molar-refractivity contribution in [1.29, 1.82) is 0 Å². The summed E-state index contributed by atoms with van der Waals surface area (Å²) >= 11 is 7.09. The van der Waals surface area contributed by atoms with Crippen LogP contribution in [0.3, 0.4) is 0 Å². The van der Waals surface area contributed by atoms with Gasteiger partial charge < -0.3 is 0 Å². The maximum absolute atomic E-state index is 12.1. The molecule has 2 rings (SSSR count). The third-order valence-corrected chi connectivity index (χ3v) is 4.17. The molecule has 0 aliphatic heterocycles. The SMILES string of the molecule is Cc1ccccc1C(=O)NC(=S)NNC(=O)c1ccccc1I. The number of carbonyl (C=O) groups excluding carboxylic acids is 2. The van der Waals surface area contributed by atoms with E-state index in [1.165, 1.54) is 0 Å². The molecule has 0 heterocycles. The van der Waals surface area contributed by atoms with Gasteiger partial charge in [-0.1, -0.05) is 30.3 Å². The van der Waals surface area contributed by atoms with Crippen molar-refractivity contribution in [3.63, 3.8) is 0 Å². The molecule has 0 aliphatic rings. The number of benzene rings is 2. The number of hydrazine groups is 1. The summed E-state index contributed by atoms with van der Waals surface area (Å²) < 4.78 is 0.819. The molecule has 0 radical (unpaired) electrons. The van der Waals surface area contributed by atoms with Crippen molar-refractivity contribution < 1.29 is 9.59 Å². The van der Waals surface area contributed by atoms with Crippen LogP contribution >= 0.6 is 34.8 Å². The second-order valence-corrected chi connectivity index (χ2v) is 6.23. The minimum Gasteiger partial charge on any atom is -0.298 e. The van der Waals surface area contributed by atoms with Crippen LogP contribution in [0.15, 0.2) is 48.5 Å². The number of hydrogen-bond donors (Lipinski definition) is 3. The monoisotopic (exact) mass is 439 g/mol. The van der Waals surface area contributed by atoms with Gasteiger partial charge in [0.1, 0.15) is 0 Å². The second kappa shape index (κ2) is 8.02. The van der Waals surface area contributed by atoms with E-state index in [1.54, 1.807) is 24.3 Å². The fourth-order valence-corrected chi connectivity index (χ4v) is 2.63. The minimum absolute atomic E-state index is 0.0255. The first kappa shape index (κ1) is 17.4. The van der Waals surface area contributed by atoms with E-state index in [-0.39, 0.29) is 16.9 Å². The number of aryl methyl sites for hydroxylation is 1. The van der Waals surface area contributed by atoms with Crippen LogP contribution in [-0.2, 0) is 0 Å². The molecule has 2 aromatic rings. The number of thiocarbonyl (C=S) groups is 1. The molecule has 0 atom stereocenters. The van der Waals surface area contributed by atoms with Gasteiger partial charge in [-0.2, -0.15) is 0 Å². The first-order chi connectivity index (χ1) is 11.0. The van der Waals surface area contributed by atoms with Crippen LogP contribution in [0.1, 0.15) is 26.3 Å². The molecule has 118 valence electrons. The molecular weight excluding hydrogens is 425 g/mol. The van der Waals surface area contributed by atoms with Gasteiger partial charge in [0.2, 0.25) is 0 Å². The highest BCUT2D eigenvalue weighted by atomic mass is 127. The third kappa shape index (κ3) is 4.73. The Kier molecular flexibility index (Phi) is 6.05. The summed E-state index contributed by atoms with van der Waals surface area (Å²) in [5.41, 5.74) is 6.88.